The Morgan fingerprint density at radius 3 is 2.52 bits per heavy atom. The maximum atomic E-state index is 12.4. The van der Waals surface area contributed by atoms with Crippen LogP contribution in [0, 0.1) is 0 Å². The minimum absolute atomic E-state index is 0.0685. The van der Waals surface area contributed by atoms with Gasteiger partial charge in [0.05, 0.1) is 18.4 Å². The van der Waals surface area contributed by atoms with Crippen LogP contribution in [0.4, 0.5) is 13.2 Å². The van der Waals surface area contributed by atoms with Crippen LogP contribution in [0.1, 0.15) is 18.5 Å². The summed E-state index contributed by atoms with van der Waals surface area (Å²) in [4.78, 5) is 38.7. The van der Waals surface area contributed by atoms with E-state index in [9.17, 15) is 22.8 Å². The first-order chi connectivity index (χ1) is 13.5. The molecule has 0 aromatic carbocycles. The molecule has 0 fully saturated rings. The lowest BCUT2D eigenvalue weighted by molar-refractivity contribution is -0.192. The zero-order chi connectivity index (χ0) is 21.8. The molecule has 0 unspecified atom stereocenters. The smallest absolute Gasteiger partial charge is 0.475 e. The SMILES string of the molecule is CN(Cc1cnc2ccccn12)C(=O)C1=NN(C)C(=O)CC1.O=C(O)C(F)(F)F. The van der Waals surface area contributed by atoms with Crippen molar-refractivity contribution in [2.24, 2.45) is 5.10 Å². The zero-order valence-corrected chi connectivity index (χ0v) is 15.5. The van der Waals surface area contributed by atoms with Crippen molar-refractivity contribution in [2.75, 3.05) is 14.1 Å². The van der Waals surface area contributed by atoms with Crippen LogP contribution in [0.25, 0.3) is 5.65 Å². The third-order valence-electron chi connectivity index (χ3n) is 3.94. The van der Waals surface area contributed by atoms with Crippen LogP contribution >= 0.6 is 0 Å². The summed E-state index contributed by atoms with van der Waals surface area (Å²) < 4.78 is 33.7. The Kier molecular flexibility index (Phi) is 6.56. The molecule has 1 aliphatic rings. The Hall–Kier alpha value is -3.44. The van der Waals surface area contributed by atoms with E-state index < -0.39 is 12.1 Å². The van der Waals surface area contributed by atoms with Crippen LogP contribution in [0.5, 0.6) is 0 Å². The molecule has 2 aromatic rings. The maximum Gasteiger partial charge on any atom is 0.490 e. The number of halogens is 3. The lowest BCUT2D eigenvalue weighted by atomic mass is 10.1. The van der Waals surface area contributed by atoms with E-state index in [1.54, 1.807) is 25.2 Å². The highest BCUT2D eigenvalue weighted by Crippen LogP contribution is 2.13. The molecule has 2 amide bonds. The molecule has 0 radical (unpaired) electrons. The Morgan fingerprint density at radius 2 is 1.93 bits per heavy atom. The number of rotatable bonds is 3. The number of pyridine rings is 1. The number of fused-ring (bicyclic) bond motifs is 1. The quantitative estimate of drug-likeness (QED) is 0.821. The third-order valence-corrected chi connectivity index (χ3v) is 3.94. The van der Waals surface area contributed by atoms with Crippen molar-refractivity contribution in [3.8, 4) is 0 Å². The van der Waals surface area contributed by atoms with Crippen LogP contribution < -0.4 is 0 Å². The van der Waals surface area contributed by atoms with E-state index in [4.69, 9.17) is 9.90 Å². The van der Waals surface area contributed by atoms with Crippen molar-refractivity contribution in [3.05, 3.63) is 36.3 Å². The van der Waals surface area contributed by atoms with Crippen molar-refractivity contribution in [3.63, 3.8) is 0 Å². The number of amides is 2. The van der Waals surface area contributed by atoms with Gasteiger partial charge < -0.3 is 14.4 Å². The Bertz CT molecular complexity index is 954. The van der Waals surface area contributed by atoms with Crippen molar-refractivity contribution in [1.82, 2.24) is 19.3 Å². The van der Waals surface area contributed by atoms with Gasteiger partial charge in [-0.05, 0) is 12.1 Å². The molecule has 9 nitrogen and oxygen atoms in total. The molecule has 29 heavy (non-hydrogen) atoms. The molecule has 0 saturated carbocycles. The highest BCUT2D eigenvalue weighted by Gasteiger charge is 2.38. The number of aliphatic carboxylic acids is 1. The largest absolute Gasteiger partial charge is 0.490 e. The van der Waals surface area contributed by atoms with Gasteiger partial charge in [-0.2, -0.15) is 18.3 Å². The highest BCUT2D eigenvalue weighted by molar-refractivity contribution is 6.39. The van der Waals surface area contributed by atoms with E-state index in [1.165, 1.54) is 5.01 Å². The van der Waals surface area contributed by atoms with E-state index in [-0.39, 0.29) is 11.8 Å². The summed E-state index contributed by atoms with van der Waals surface area (Å²) in [6.45, 7) is 0.431. The van der Waals surface area contributed by atoms with Crippen molar-refractivity contribution < 1.29 is 32.7 Å². The second-order valence-corrected chi connectivity index (χ2v) is 6.11. The van der Waals surface area contributed by atoms with E-state index in [0.717, 1.165) is 11.3 Å². The number of carbonyl (C=O) groups excluding carboxylic acids is 2. The Morgan fingerprint density at radius 1 is 1.28 bits per heavy atom. The predicted molar refractivity (Wildman–Crippen MR) is 94.8 cm³/mol. The van der Waals surface area contributed by atoms with Gasteiger partial charge >= 0.3 is 12.1 Å². The molecule has 0 saturated heterocycles. The summed E-state index contributed by atoms with van der Waals surface area (Å²) in [6.07, 6.45) is -0.692. The van der Waals surface area contributed by atoms with Gasteiger partial charge in [0, 0.05) is 33.1 Å². The number of carbonyl (C=O) groups is 3. The first-order valence-electron chi connectivity index (χ1n) is 8.31. The summed E-state index contributed by atoms with van der Waals surface area (Å²) >= 11 is 0. The van der Waals surface area contributed by atoms with Gasteiger partial charge in [-0.3, -0.25) is 9.59 Å². The van der Waals surface area contributed by atoms with Crippen molar-refractivity contribution in [1.29, 1.82) is 0 Å². The molecule has 0 bridgehead atoms. The number of hydrogen-bond donors (Lipinski definition) is 1. The fourth-order valence-electron chi connectivity index (χ4n) is 2.46. The molecule has 1 N–H and O–H groups in total. The number of nitrogens with zero attached hydrogens (tertiary/aromatic N) is 5. The summed E-state index contributed by atoms with van der Waals surface area (Å²) in [7, 11) is 3.29. The normalized spacial score (nSPS) is 14.2. The zero-order valence-electron chi connectivity index (χ0n) is 15.5. The molecule has 1 aliphatic heterocycles. The van der Waals surface area contributed by atoms with E-state index in [1.807, 2.05) is 28.8 Å². The number of alkyl halides is 3. The van der Waals surface area contributed by atoms with Gasteiger partial charge in [0.15, 0.2) is 0 Å². The van der Waals surface area contributed by atoms with Gasteiger partial charge in [-0.15, -0.1) is 0 Å². The second kappa shape index (κ2) is 8.71. The molecule has 2 aromatic heterocycles. The number of hydrazone groups is 1. The van der Waals surface area contributed by atoms with Crippen LogP contribution in [0.15, 0.2) is 35.7 Å². The van der Waals surface area contributed by atoms with E-state index in [2.05, 4.69) is 10.1 Å². The average Bonchev–Trinajstić information content (AvgIpc) is 3.06. The summed E-state index contributed by atoms with van der Waals surface area (Å²) in [5, 5.41) is 12.4. The second-order valence-electron chi connectivity index (χ2n) is 6.11. The Labute approximate surface area is 163 Å². The molecular formula is C17H18F3N5O4. The fourth-order valence-corrected chi connectivity index (χ4v) is 2.46. The molecule has 0 atom stereocenters. The third kappa shape index (κ3) is 5.53. The molecular weight excluding hydrogens is 395 g/mol. The standard InChI is InChI=1S/C15H17N5O2.C2HF3O2/c1-18(15(22)12-6-7-14(21)19(2)17-12)10-11-9-16-13-5-3-4-8-20(11)13;3-2(4,5)1(6)7/h3-5,8-9H,6-7,10H2,1-2H3;(H,6,7). The Balaban J connectivity index is 0.000000370. The molecule has 0 aliphatic carbocycles. The van der Waals surface area contributed by atoms with Crippen LogP contribution in [0.2, 0.25) is 0 Å². The minimum atomic E-state index is -5.08. The first-order valence-corrected chi connectivity index (χ1v) is 8.31. The van der Waals surface area contributed by atoms with Crippen molar-refractivity contribution in [2.45, 2.75) is 25.6 Å². The number of imidazole rings is 1. The topological polar surface area (TPSA) is 108 Å². The molecule has 156 valence electrons. The monoisotopic (exact) mass is 413 g/mol. The summed E-state index contributed by atoms with van der Waals surface area (Å²) in [5.74, 6) is -2.99. The molecule has 3 heterocycles. The summed E-state index contributed by atoms with van der Waals surface area (Å²) in [6, 6.07) is 5.76. The maximum absolute atomic E-state index is 12.4. The predicted octanol–water partition coefficient (Wildman–Crippen LogP) is 1.53. The number of hydrogen-bond acceptors (Lipinski definition) is 5. The van der Waals surface area contributed by atoms with Gasteiger partial charge in [0.25, 0.3) is 5.91 Å². The molecule has 3 rings (SSSR count). The van der Waals surface area contributed by atoms with Crippen molar-refractivity contribution >= 4 is 29.1 Å². The average molecular weight is 413 g/mol. The number of carboxylic acids is 1. The van der Waals surface area contributed by atoms with Crippen LogP contribution in [0.3, 0.4) is 0 Å². The molecule has 0 spiro atoms. The van der Waals surface area contributed by atoms with Crippen LogP contribution in [-0.4, -0.2) is 68.2 Å². The van der Waals surface area contributed by atoms with E-state index in [0.29, 0.717) is 25.1 Å². The fraction of sp³-hybridized carbons (Fsp3) is 0.353. The first kappa shape index (κ1) is 21.9. The van der Waals surface area contributed by atoms with Crippen LogP contribution in [-0.2, 0) is 20.9 Å². The lowest BCUT2D eigenvalue weighted by Crippen LogP contribution is -2.38. The summed E-state index contributed by atoms with van der Waals surface area (Å²) in [5.41, 5.74) is 2.18. The van der Waals surface area contributed by atoms with Gasteiger partial charge in [-0.25, -0.2) is 14.8 Å². The van der Waals surface area contributed by atoms with E-state index >= 15 is 0 Å². The lowest BCUT2D eigenvalue weighted by Gasteiger charge is -2.22. The van der Waals surface area contributed by atoms with Gasteiger partial charge in [0.2, 0.25) is 5.91 Å². The molecule has 12 heteroatoms. The number of carboxylic acid groups (broad SMARTS) is 1. The van der Waals surface area contributed by atoms with Gasteiger partial charge in [0.1, 0.15) is 11.4 Å². The highest BCUT2D eigenvalue weighted by atomic mass is 19.4. The van der Waals surface area contributed by atoms with Gasteiger partial charge in [-0.1, -0.05) is 6.07 Å². The number of aromatic nitrogens is 2. The minimum Gasteiger partial charge on any atom is -0.475 e.